The lowest BCUT2D eigenvalue weighted by Crippen LogP contribution is -2.54. The zero-order chi connectivity index (χ0) is 11.7. The first-order valence-corrected chi connectivity index (χ1v) is 8.11. The van der Waals surface area contributed by atoms with Crippen LogP contribution in [0.3, 0.4) is 0 Å². The molecule has 0 nitrogen and oxygen atoms in total. The Morgan fingerprint density at radius 2 is 1.41 bits per heavy atom. The lowest BCUT2D eigenvalue weighted by Gasteiger charge is -2.64. The van der Waals surface area contributed by atoms with Crippen LogP contribution < -0.4 is 0 Å². The van der Waals surface area contributed by atoms with Gasteiger partial charge in [-0.05, 0) is 79.4 Å². The molecule has 0 aromatic rings. The van der Waals surface area contributed by atoms with E-state index in [1.165, 1.54) is 12.8 Å². The molecule has 0 heteroatoms. The van der Waals surface area contributed by atoms with Gasteiger partial charge >= 0.3 is 0 Å². The molecule has 0 N–H and O–H groups in total. The molecule has 96 valence electrons. The van der Waals surface area contributed by atoms with E-state index < -0.39 is 0 Å². The first-order valence-electron chi connectivity index (χ1n) is 8.11. The largest absolute Gasteiger partial charge is 0.0620 e. The van der Waals surface area contributed by atoms with Crippen molar-refractivity contribution in [3.63, 3.8) is 0 Å². The lowest BCUT2D eigenvalue weighted by molar-refractivity contribution is -0.137. The summed E-state index contributed by atoms with van der Waals surface area (Å²) in [6, 6.07) is 0. The summed E-state index contributed by atoms with van der Waals surface area (Å²) >= 11 is 0. The average Bonchev–Trinajstić information content (AvgIpc) is 2.59. The molecule has 0 aromatic heterocycles. The van der Waals surface area contributed by atoms with E-state index in [0.717, 1.165) is 29.1 Å². The summed E-state index contributed by atoms with van der Waals surface area (Å²) < 4.78 is 0. The number of hydrogen-bond donors (Lipinski definition) is 0. The highest BCUT2D eigenvalue weighted by Gasteiger charge is 2.60. The van der Waals surface area contributed by atoms with E-state index in [4.69, 9.17) is 0 Å². The molecule has 2 atom stereocenters. The molecule has 2 unspecified atom stereocenters. The minimum Gasteiger partial charge on any atom is -0.0620 e. The first kappa shape index (κ1) is 10.9. The maximum absolute atomic E-state index is 2.68. The van der Waals surface area contributed by atoms with Gasteiger partial charge in [0, 0.05) is 0 Å². The Morgan fingerprint density at radius 3 is 1.82 bits per heavy atom. The van der Waals surface area contributed by atoms with Gasteiger partial charge in [-0.3, -0.25) is 0 Å². The van der Waals surface area contributed by atoms with Gasteiger partial charge in [-0.2, -0.15) is 0 Å². The highest BCUT2D eigenvalue weighted by molar-refractivity contribution is 5.10. The Labute approximate surface area is 107 Å². The molecule has 0 aromatic carbocycles. The van der Waals surface area contributed by atoms with E-state index in [2.05, 4.69) is 13.8 Å². The van der Waals surface area contributed by atoms with Gasteiger partial charge in [-0.15, -0.1) is 0 Å². The Bertz CT molecular complexity index is 294. The van der Waals surface area contributed by atoms with Crippen LogP contribution in [0, 0.1) is 34.5 Å². The van der Waals surface area contributed by atoms with Crippen molar-refractivity contribution in [2.24, 2.45) is 34.5 Å². The van der Waals surface area contributed by atoms with Crippen molar-refractivity contribution in [1.29, 1.82) is 0 Å². The monoisotopic (exact) mass is 232 g/mol. The van der Waals surface area contributed by atoms with E-state index in [0.29, 0.717) is 5.41 Å². The Morgan fingerprint density at radius 1 is 0.882 bits per heavy atom. The fourth-order valence-electron chi connectivity index (χ4n) is 6.94. The predicted molar refractivity (Wildman–Crippen MR) is 71.7 cm³/mol. The molecular formula is C17H28. The van der Waals surface area contributed by atoms with Crippen LogP contribution in [-0.4, -0.2) is 0 Å². The molecule has 0 heterocycles. The van der Waals surface area contributed by atoms with Gasteiger partial charge in [0.25, 0.3) is 0 Å². The topological polar surface area (TPSA) is 0 Å². The van der Waals surface area contributed by atoms with Crippen LogP contribution >= 0.6 is 0 Å². The van der Waals surface area contributed by atoms with Crippen LogP contribution in [-0.2, 0) is 0 Å². The average molecular weight is 232 g/mol. The highest BCUT2D eigenvalue weighted by Crippen LogP contribution is 2.70. The van der Waals surface area contributed by atoms with Crippen LogP contribution in [0.5, 0.6) is 0 Å². The molecule has 5 saturated carbocycles. The van der Waals surface area contributed by atoms with Gasteiger partial charge in [0.2, 0.25) is 0 Å². The minimum absolute atomic E-state index is 0.711. The summed E-state index contributed by atoms with van der Waals surface area (Å²) in [6.45, 7) is 5.24. The molecule has 0 saturated heterocycles. The summed E-state index contributed by atoms with van der Waals surface area (Å²) in [6.07, 6.45) is 14.2. The third-order valence-electron chi connectivity index (χ3n) is 7.67. The maximum atomic E-state index is 2.68. The maximum Gasteiger partial charge on any atom is -0.0233 e. The van der Waals surface area contributed by atoms with Gasteiger partial charge < -0.3 is 0 Å². The molecule has 5 aliphatic carbocycles. The molecule has 0 spiro atoms. The zero-order valence-corrected chi connectivity index (χ0v) is 11.7. The smallest absolute Gasteiger partial charge is 0.0233 e. The SMILES string of the molecule is CC1CCCC1(C)C12CC3CC(CC(C3)C1)C2. The third-order valence-corrected chi connectivity index (χ3v) is 7.67. The molecule has 5 rings (SSSR count). The fraction of sp³-hybridized carbons (Fsp3) is 1.00. The molecule has 0 radical (unpaired) electrons. The Kier molecular flexibility index (Phi) is 2.12. The third kappa shape index (κ3) is 1.31. The predicted octanol–water partition coefficient (Wildman–Crippen LogP) is 5.03. The van der Waals surface area contributed by atoms with Crippen molar-refractivity contribution in [3.05, 3.63) is 0 Å². The second-order valence-corrected chi connectivity index (χ2v) is 8.41. The van der Waals surface area contributed by atoms with E-state index in [1.807, 2.05) is 0 Å². The highest BCUT2D eigenvalue weighted by atomic mass is 14.6. The van der Waals surface area contributed by atoms with Crippen molar-refractivity contribution >= 4 is 0 Å². The van der Waals surface area contributed by atoms with Crippen LogP contribution in [0.25, 0.3) is 0 Å². The minimum atomic E-state index is 0.711. The molecular weight excluding hydrogens is 204 g/mol. The molecule has 5 fully saturated rings. The summed E-state index contributed by atoms with van der Waals surface area (Å²) in [5.41, 5.74) is 1.50. The fourth-order valence-corrected chi connectivity index (χ4v) is 6.94. The van der Waals surface area contributed by atoms with E-state index in [9.17, 15) is 0 Å². The Hall–Kier alpha value is 0. The normalized spacial score (nSPS) is 61.1. The van der Waals surface area contributed by atoms with Crippen molar-refractivity contribution in [3.8, 4) is 0 Å². The zero-order valence-electron chi connectivity index (χ0n) is 11.7. The second-order valence-electron chi connectivity index (χ2n) is 8.41. The van der Waals surface area contributed by atoms with Crippen LogP contribution in [0.1, 0.15) is 71.6 Å². The summed E-state index contributed by atoms with van der Waals surface area (Å²) in [5, 5.41) is 0. The summed E-state index contributed by atoms with van der Waals surface area (Å²) in [4.78, 5) is 0. The van der Waals surface area contributed by atoms with Crippen LogP contribution in [0.15, 0.2) is 0 Å². The van der Waals surface area contributed by atoms with Crippen molar-refractivity contribution in [2.45, 2.75) is 71.6 Å². The number of hydrogen-bond acceptors (Lipinski definition) is 0. The molecule has 0 amide bonds. The van der Waals surface area contributed by atoms with Crippen molar-refractivity contribution in [2.75, 3.05) is 0 Å². The summed E-state index contributed by atoms with van der Waals surface area (Å²) in [5.74, 6) is 4.39. The van der Waals surface area contributed by atoms with Gasteiger partial charge in [-0.25, -0.2) is 0 Å². The van der Waals surface area contributed by atoms with Gasteiger partial charge in [0.15, 0.2) is 0 Å². The van der Waals surface area contributed by atoms with Crippen LogP contribution in [0.2, 0.25) is 0 Å². The summed E-state index contributed by atoms with van der Waals surface area (Å²) in [7, 11) is 0. The van der Waals surface area contributed by atoms with Crippen LogP contribution in [0.4, 0.5) is 0 Å². The first-order chi connectivity index (χ1) is 8.11. The quantitative estimate of drug-likeness (QED) is 0.595. The van der Waals surface area contributed by atoms with E-state index >= 15 is 0 Å². The lowest BCUT2D eigenvalue weighted by atomic mass is 9.41. The van der Waals surface area contributed by atoms with E-state index in [-0.39, 0.29) is 0 Å². The molecule has 5 aliphatic rings. The Balaban J connectivity index is 1.72. The van der Waals surface area contributed by atoms with Crippen molar-refractivity contribution in [1.82, 2.24) is 0 Å². The molecule has 0 aliphatic heterocycles. The van der Waals surface area contributed by atoms with Crippen molar-refractivity contribution < 1.29 is 0 Å². The van der Waals surface area contributed by atoms with E-state index in [1.54, 1.807) is 44.9 Å². The van der Waals surface area contributed by atoms with Gasteiger partial charge in [0.05, 0.1) is 0 Å². The van der Waals surface area contributed by atoms with Gasteiger partial charge in [0.1, 0.15) is 0 Å². The molecule has 17 heavy (non-hydrogen) atoms. The molecule has 4 bridgehead atoms. The second kappa shape index (κ2) is 3.31. The number of rotatable bonds is 1. The standard InChI is InChI=1S/C17H28/c1-12-4-3-5-16(12,2)17-9-13-6-14(10-17)8-15(7-13)11-17/h12-15H,3-11H2,1-2H3. The van der Waals surface area contributed by atoms with Gasteiger partial charge in [-0.1, -0.05) is 26.7 Å².